The number of aromatic nitrogens is 1. The maximum absolute atomic E-state index is 12.1. The highest BCUT2D eigenvalue weighted by molar-refractivity contribution is 8.00. The summed E-state index contributed by atoms with van der Waals surface area (Å²) in [5.41, 5.74) is 0. The van der Waals surface area contributed by atoms with Crippen LogP contribution in [0.1, 0.15) is 6.42 Å². The van der Waals surface area contributed by atoms with Gasteiger partial charge in [0.2, 0.25) is 17.7 Å². The third-order valence-electron chi connectivity index (χ3n) is 4.04. The standard InChI is InChI=1S/C15H18N4O3S/c1-18-8-14(21)19-7-10(6-12(19)15(18)22)17-13(20)9-23-11-2-4-16-5-3-11/h2-5,10,12H,6-9H2,1H3,(H,17,20)/t10-,12-/m0/s1. The van der Waals surface area contributed by atoms with Crippen molar-refractivity contribution >= 4 is 29.5 Å². The van der Waals surface area contributed by atoms with Gasteiger partial charge in [-0.2, -0.15) is 0 Å². The molecule has 2 aliphatic rings. The average Bonchev–Trinajstić information content (AvgIpc) is 2.96. The number of carbonyl (C=O) groups excluding carboxylic acids is 3. The molecule has 0 radical (unpaired) electrons. The van der Waals surface area contributed by atoms with E-state index in [1.807, 2.05) is 12.1 Å². The maximum Gasteiger partial charge on any atom is 0.245 e. The van der Waals surface area contributed by atoms with E-state index in [0.717, 1.165) is 4.90 Å². The Morgan fingerprint density at radius 3 is 2.87 bits per heavy atom. The first kappa shape index (κ1) is 15.8. The van der Waals surface area contributed by atoms with Crippen LogP contribution in [0.5, 0.6) is 0 Å². The summed E-state index contributed by atoms with van der Waals surface area (Å²) in [4.78, 5) is 44.1. The number of amides is 3. The fraction of sp³-hybridized carbons (Fsp3) is 0.467. The third kappa shape index (κ3) is 3.47. The SMILES string of the molecule is CN1CC(=O)N2C[C@@H](NC(=O)CSc3ccncc3)C[C@H]2C1=O. The molecule has 0 saturated carbocycles. The van der Waals surface area contributed by atoms with E-state index in [1.165, 1.54) is 16.7 Å². The highest BCUT2D eigenvalue weighted by Gasteiger charge is 2.44. The summed E-state index contributed by atoms with van der Waals surface area (Å²) in [6.45, 7) is 0.530. The summed E-state index contributed by atoms with van der Waals surface area (Å²) in [5, 5.41) is 2.92. The Morgan fingerprint density at radius 1 is 1.39 bits per heavy atom. The van der Waals surface area contributed by atoms with Crippen molar-refractivity contribution in [2.45, 2.75) is 23.4 Å². The molecule has 0 bridgehead atoms. The van der Waals surface area contributed by atoms with Gasteiger partial charge < -0.3 is 15.1 Å². The predicted octanol–water partition coefficient (Wildman–Crippen LogP) is -0.269. The molecule has 2 saturated heterocycles. The van der Waals surface area contributed by atoms with Gasteiger partial charge in [0, 0.05) is 36.9 Å². The molecule has 0 spiro atoms. The number of carbonyl (C=O) groups is 3. The van der Waals surface area contributed by atoms with Crippen molar-refractivity contribution < 1.29 is 14.4 Å². The van der Waals surface area contributed by atoms with Crippen LogP contribution in [0.25, 0.3) is 0 Å². The molecule has 3 rings (SSSR count). The largest absolute Gasteiger partial charge is 0.351 e. The molecule has 122 valence electrons. The van der Waals surface area contributed by atoms with Gasteiger partial charge in [-0.05, 0) is 18.6 Å². The second-order valence-corrected chi connectivity index (χ2v) is 6.78. The molecule has 3 amide bonds. The lowest BCUT2D eigenvalue weighted by Gasteiger charge is -2.33. The Labute approximate surface area is 138 Å². The second-order valence-electron chi connectivity index (χ2n) is 5.73. The fourth-order valence-corrected chi connectivity index (χ4v) is 3.62. The van der Waals surface area contributed by atoms with E-state index in [9.17, 15) is 14.4 Å². The number of rotatable bonds is 4. The van der Waals surface area contributed by atoms with Crippen molar-refractivity contribution in [2.75, 3.05) is 25.9 Å². The zero-order chi connectivity index (χ0) is 16.4. The highest BCUT2D eigenvalue weighted by Crippen LogP contribution is 2.24. The number of fused-ring (bicyclic) bond motifs is 1. The zero-order valence-electron chi connectivity index (χ0n) is 12.8. The Morgan fingerprint density at radius 2 is 2.13 bits per heavy atom. The molecule has 3 heterocycles. The Bertz CT molecular complexity index is 624. The zero-order valence-corrected chi connectivity index (χ0v) is 13.6. The van der Waals surface area contributed by atoms with Gasteiger partial charge in [0.15, 0.2) is 0 Å². The Kier molecular flexibility index (Phi) is 4.51. The minimum atomic E-state index is -0.431. The predicted molar refractivity (Wildman–Crippen MR) is 84.6 cm³/mol. The summed E-state index contributed by atoms with van der Waals surface area (Å²) in [5.74, 6) is 0.102. The first-order valence-corrected chi connectivity index (χ1v) is 8.40. The molecule has 2 atom stereocenters. The van der Waals surface area contributed by atoms with E-state index < -0.39 is 6.04 Å². The lowest BCUT2D eigenvalue weighted by atomic mass is 10.1. The molecule has 2 fully saturated rings. The second kappa shape index (κ2) is 6.57. The molecule has 1 aromatic rings. The van der Waals surface area contributed by atoms with E-state index in [-0.39, 0.29) is 30.3 Å². The van der Waals surface area contributed by atoms with Crippen molar-refractivity contribution in [1.82, 2.24) is 20.1 Å². The number of piperazine rings is 1. The molecule has 0 unspecified atom stereocenters. The monoisotopic (exact) mass is 334 g/mol. The Hall–Kier alpha value is -2.09. The molecular formula is C15H18N4O3S. The number of thioether (sulfide) groups is 1. The Balaban J connectivity index is 1.52. The van der Waals surface area contributed by atoms with Crippen LogP contribution < -0.4 is 5.32 Å². The van der Waals surface area contributed by atoms with Crippen molar-refractivity contribution in [3.05, 3.63) is 24.5 Å². The van der Waals surface area contributed by atoms with Crippen molar-refractivity contribution in [2.24, 2.45) is 0 Å². The maximum atomic E-state index is 12.1. The minimum absolute atomic E-state index is 0.0486. The molecular weight excluding hydrogens is 316 g/mol. The fourth-order valence-electron chi connectivity index (χ4n) is 2.93. The first-order valence-electron chi connectivity index (χ1n) is 7.41. The molecule has 23 heavy (non-hydrogen) atoms. The normalized spacial score (nSPS) is 23.9. The van der Waals surface area contributed by atoms with Gasteiger partial charge in [0.25, 0.3) is 0 Å². The number of nitrogens with one attached hydrogen (secondary N) is 1. The van der Waals surface area contributed by atoms with E-state index >= 15 is 0 Å². The molecule has 1 N–H and O–H groups in total. The van der Waals surface area contributed by atoms with Gasteiger partial charge >= 0.3 is 0 Å². The number of likely N-dealkylation sites (N-methyl/N-ethyl adjacent to an activating group) is 1. The molecule has 2 aliphatic heterocycles. The lowest BCUT2D eigenvalue weighted by Crippen LogP contribution is -2.55. The van der Waals surface area contributed by atoms with Gasteiger partial charge in [-0.1, -0.05) is 0 Å². The van der Waals surface area contributed by atoms with Gasteiger partial charge in [0.1, 0.15) is 6.04 Å². The quantitative estimate of drug-likeness (QED) is 0.767. The van der Waals surface area contributed by atoms with Crippen LogP contribution in [-0.4, -0.2) is 70.5 Å². The van der Waals surface area contributed by atoms with Crippen LogP contribution >= 0.6 is 11.8 Å². The lowest BCUT2D eigenvalue weighted by molar-refractivity contribution is -0.152. The van der Waals surface area contributed by atoms with Crippen LogP contribution in [-0.2, 0) is 14.4 Å². The van der Waals surface area contributed by atoms with E-state index in [0.29, 0.717) is 18.7 Å². The number of pyridine rings is 1. The van der Waals surface area contributed by atoms with Crippen LogP contribution in [0.2, 0.25) is 0 Å². The minimum Gasteiger partial charge on any atom is -0.351 e. The summed E-state index contributed by atoms with van der Waals surface area (Å²) >= 11 is 1.43. The molecule has 8 heteroatoms. The molecule has 7 nitrogen and oxygen atoms in total. The van der Waals surface area contributed by atoms with Crippen molar-refractivity contribution in [3.63, 3.8) is 0 Å². The smallest absolute Gasteiger partial charge is 0.245 e. The molecule has 1 aromatic heterocycles. The highest BCUT2D eigenvalue weighted by atomic mass is 32.2. The van der Waals surface area contributed by atoms with Gasteiger partial charge in [0.05, 0.1) is 12.3 Å². The van der Waals surface area contributed by atoms with Gasteiger partial charge in [-0.3, -0.25) is 19.4 Å². The average molecular weight is 334 g/mol. The van der Waals surface area contributed by atoms with Gasteiger partial charge in [-0.25, -0.2) is 0 Å². The number of hydrogen-bond acceptors (Lipinski definition) is 5. The topological polar surface area (TPSA) is 82.6 Å². The molecule has 0 aromatic carbocycles. The number of hydrogen-bond donors (Lipinski definition) is 1. The third-order valence-corrected chi connectivity index (χ3v) is 5.05. The summed E-state index contributed by atoms with van der Waals surface area (Å²) < 4.78 is 0. The van der Waals surface area contributed by atoms with E-state index in [4.69, 9.17) is 0 Å². The van der Waals surface area contributed by atoms with Crippen LogP contribution in [0.3, 0.4) is 0 Å². The summed E-state index contributed by atoms with van der Waals surface area (Å²) in [6.07, 6.45) is 3.85. The van der Waals surface area contributed by atoms with Gasteiger partial charge in [-0.15, -0.1) is 11.8 Å². The van der Waals surface area contributed by atoms with Crippen LogP contribution in [0.15, 0.2) is 29.4 Å². The number of nitrogens with zero attached hydrogens (tertiary/aromatic N) is 3. The van der Waals surface area contributed by atoms with E-state index in [2.05, 4.69) is 10.3 Å². The first-order chi connectivity index (χ1) is 11.0. The summed E-state index contributed by atoms with van der Waals surface area (Å²) in [7, 11) is 1.63. The van der Waals surface area contributed by atoms with Crippen LogP contribution in [0, 0.1) is 0 Å². The van der Waals surface area contributed by atoms with Crippen molar-refractivity contribution in [1.29, 1.82) is 0 Å². The van der Waals surface area contributed by atoms with Crippen LogP contribution in [0.4, 0.5) is 0 Å². The van der Waals surface area contributed by atoms with E-state index in [1.54, 1.807) is 24.3 Å². The molecule has 0 aliphatic carbocycles. The van der Waals surface area contributed by atoms with Crippen molar-refractivity contribution in [3.8, 4) is 0 Å². The summed E-state index contributed by atoms with van der Waals surface area (Å²) in [6, 6.07) is 3.10.